The Morgan fingerprint density at radius 1 is 1.16 bits per heavy atom. The second kappa shape index (κ2) is 6.93. The number of benzene rings is 2. The summed E-state index contributed by atoms with van der Waals surface area (Å²) >= 11 is 6.33. The molecule has 2 N–H and O–H groups in total. The average molecular weight is 353 g/mol. The molecule has 2 aromatic carbocycles. The molecule has 0 unspecified atom stereocenters. The molecule has 4 heteroatoms. The summed E-state index contributed by atoms with van der Waals surface area (Å²) < 4.78 is 0. The van der Waals surface area contributed by atoms with Gasteiger partial charge in [0.15, 0.2) is 0 Å². The van der Waals surface area contributed by atoms with Gasteiger partial charge in [0.05, 0.1) is 16.6 Å². The number of carbonyl (C=O) groups excluding carboxylic acids is 1. The minimum Gasteiger partial charge on any atom is -0.355 e. The van der Waals surface area contributed by atoms with Gasteiger partial charge in [-0.2, -0.15) is 0 Å². The number of fused-ring (bicyclic) bond motifs is 3. The maximum atomic E-state index is 12.4. The Morgan fingerprint density at radius 2 is 2.00 bits per heavy atom. The van der Waals surface area contributed by atoms with Crippen LogP contribution in [0.4, 0.5) is 0 Å². The van der Waals surface area contributed by atoms with E-state index in [9.17, 15) is 4.79 Å². The van der Waals surface area contributed by atoms with E-state index < -0.39 is 0 Å². The lowest BCUT2D eigenvalue weighted by molar-refractivity contribution is -0.121. The van der Waals surface area contributed by atoms with Crippen LogP contribution < -0.4 is 5.32 Å². The Bertz CT molecular complexity index is 901. The molecule has 1 heterocycles. The van der Waals surface area contributed by atoms with Crippen LogP contribution in [0.2, 0.25) is 5.02 Å². The van der Waals surface area contributed by atoms with Gasteiger partial charge in [0.2, 0.25) is 5.91 Å². The Kier molecular flexibility index (Phi) is 4.50. The second-order valence-electron chi connectivity index (χ2n) is 6.68. The van der Waals surface area contributed by atoms with E-state index in [-0.39, 0.29) is 11.9 Å². The lowest BCUT2D eigenvalue weighted by atomic mass is 9.91. The number of carbonyl (C=O) groups is 1. The van der Waals surface area contributed by atoms with Crippen LogP contribution in [-0.2, 0) is 17.6 Å². The third kappa shape index (κ3) is 3.29. The number of halogens is 1. The first-order valence-electron chi connectivity index (χ1n) is 8.84. The fourth-order valence-corrected chi connectivity index (χ4v) is 3.99. The van der Waals surface area contributed by atoms with E-state index in [0.717, 1.165) is 41.9 Å². The smallest absolute Gasteiger partial charge is 0.220 e. The van der Waals surface area contributed by atoms with Crippen LogP contribution in [0.3, 0.4) is 0 Å². The van der Waals surface area contributed by atoms with Gasteiger partial charge in [-0.15, -0.1) is 0 Å². The number of para-hydroxylation sites is 1. The van der Waals surface area contributed by atoms with Gasteiger partial charge in [0, 0.05) is 17.5 Å². The molecule has 4 rings (SSSR count). The van der Waals surface area contributed by atoms with Crippen molar-refractivity contribution in [3.63, 3.8) is 0 Å². The summed E-state index contributed by atoms with van der Waals surface area (Å²) in [6.45, 7) is 0. The fourth-order valence-electron chi connectivity index (χ4n) is 3.77. The fraction of sp³-hybridized carbons (Fsp3) is 0.286. The van der Waals surface area contributed by atoms with E-state index in [1.54, 1.807) is 0 Å². The van der Waals surface area contributed by atoms with Crippen molar-refractivity contribution in [3.8, 4) is 0 Å². The number of rotatable bonds is 4. The molecule has 1 amide bonds. The van der Waals surface area contributed by atoms with E-state index in [0.29, 0.717) is 6.42 Å². The van der Waals surface area contributed by atoms with Crippen molar-refractivity contribution in [2.45, 2.75) is 38.1 Å². The van der Waals surface area contributed by atoms with Gasteiger partial charge in [0.25, 0.3) is 0 Å². The number of H-pyrrole nitrogens is 1. The van der Waals surface area contributed by atoms with Crippen molar-refractivity contribution in [2.75, 3.05) is 0 Å². The molecule has 3 aromatic rings. The summed E-state index contributed by atoms with van der Waals surface area (Å²) in [5, 5.41) is 5.14. The van der Waals surface area contributed by atoms with Crippen molar-refractivity contribution in [1.29, 1.82) is 0 Å². The molecule has 0 radical (unpaired) electrons. The molecule has 1 aliphatic rings. The van der Waals surface area contributed by atoms with E-state index in [1.165, 1.54) is 16.5 Å². The van der Waals surface area contributed by atoms with Gasteiger partial charge in [0.1, 0.15) is 0 Å². The largest absolute Gasteiger partial charge is 0.355 e. The van der Waals surface area contributed by atoms with Gasteiger partial charge in [-0.3, -0.25) is 4.79 Å². The Labute approximate surface area is 152 Å². The van der Waals surface area contributed by atoms with Gasteiger partial charge < -0.3 is 10.3 Å². The van der Waals surface area contributed by atoms with Gasteiger partial charge >= 0.3 is 0 Å². The highest BCUT2D eigenvalue weighted by atomic mass is 35.5. The summed E-state index contributed by atoms with van der Waals surface area (Å²) in [6, 6.07) is 16.2. The second-order valence-corrected chi connectivity index (χ2v) is 7.08. The molecule has 25 heavy (non-hydrogen) atoms. The number of hydrogen-bond acceptors (Lipinski definition) is 1. The predicted octanol–water partition coefficient (Wildman–Crippen LogP) is 4.95. The van der Waals surface area contributed by atoms with E-state index >= 15 is 0 Å². The first-order valence-corrected chi connectivity index (χ1v) is 9.22. The molecule has 3 nitrogen and oxygen atoms in total. The number of hydrogen-bond donors (Lipinski definition) is 2. The van der Waals surface area contributed by atoms with Crippen molar-refractivity contribution >= 4 is 28.4 Å². The molecule has 1 atom stereocenters. The van der Waals surface area contributed by atoms with Gasteiger partial charge in [-0.25, -0.2) is 0 Å². The lowest BCUT2D eigenvalue weighted by Gasteiger charge is -2.24. The van der Waals surface area contributed by atoms with Crippen LogP contribution in [0.15, 0.2) is 48.5 Å². The highest BCUT2D eigenvalue weighted by Crippen LogP contribution is 2.36. The molecule has 128 valence electrons. The normalized spacial score (nSPS) is 16.6. The summed E-state index contributed by atoms with van der Waals surface area (Å²) in [4.78, 5) is 15.9. The lowest BCUT2D eigenvalue weighted by Crippen LogP contribution is -2.31. The molecule has 0 bridgehead atoms. The summed E-state index contributed by atoms with van der Waals surface area (Å²) in [5.41, 5.74) is 4.61. The van der Waals surface area contributed by atoms with Crippen molar-refractivity contribution in [3.05, 3.63) is 70.4 Å². The van der Waals surface area contributed by atoms with Crippen LogP contribution in [0.25, 0.3) is 10.9 Å². The summed E-state index contributed by atoms with van der Waals surface area (Å²) in [7, 11) is 0. The minimum absolute atomic E-state index is 0.0514. The molecule has 0 spiro atoms. The number of nitrogens with one attached hydrogen (secondary N) is 2. The average Bonchev–Trinajstić information content (AvgIpc) is 3.02. The molecule has 0 saturated carbocycles. The Balaban J connectivity index is 1.50. The van der Waals surface area contributed by atoms with Crippen LogP contribution in [0, 0.1) is 0 Å². The molecular formula is C21H21ClN2O. The zero-order valence-electron chi connectivity index (χ0n) is 14.0. The first-order chi connectivity index (χ1) is 12.2. The predicted molar refractivity (Wildman–Crippen MR) is 102 cm³/mol. The third-order valence-corrected chi connectivity index (χ3v) is 5.33. The van der Waals surface area contributed by atoms with Crippen LogP contribution in [0.1, 0.15) is 42.1 Å². The maximum Gasteiger partial charge on any atom is 0.220 e. The number of aromatic amines is 1. The van der Waals surface area contributed by atoms with E-state index in [1.807, 2.05) is 30.3 Å². The van der Waals surface area contributed by atoms with E-state index in [2.05, 4.69) is 28.5 Å². The Morgan fingerprint density at radius 3 is 2.84 bits per heavy atom. The highest BCUT2D eigenvalue weighted by molar-refractivity contribution is 6.35. The Hall–Kier alpha value is -2.26. The number of aromatic nitrogens is 1. The maximum absolute atomic E-state index is 12.4. The monoisotopic (exact) mass is 352 g/mol. The molecule has 1 aromatic heterocycles. The van der Waals surface area contributed by atoms with Gasteiger partial charge in [-0.1, -0.05) is 54.1 Å². The topological polar surface area (TPSA) is 44.9 Å². The SMILES string of the molecule is O=C(CCc1ccccc1)N[C@H]1CCCc2c1[nH]c1c(Cl)cccc21. The highest BCUT2D eigenvalue weighted by Gasteiger charge is 2.25. The van der Waals surface area contributed by atoms with Crippen LogP contribution >= 0.6 is 11.6 Å². The number of aryl methyl sites for hydroxylation is 2. The molecule has 0 aliphatic heterocycles. The minimum atomic E-state index is 0.0514. The van der Waals surface area contributed by atoms with E-state index in [4.69, 9.17) is 11.6 Å². The zero-order chi connectivity index (χ0) is 17.2. The van der Waals surface area contributed by atoms with Crippen LogP contribution in [-0.4, -0.2) is 10.9 Å². The summed E-state index contributed by atoms with van der Waals surface area (Å²) in [5.74, 6) is 0.103. The first kappa shape index (κ1) is 16.2. The quantitative estimate of drug-likeness (QED) is 0.685. The molecule has 0 fully saturated rings. The molecule has 0 saturated heterocycles. The van der Waals surface area contributed by atoms with Crippen molar-refractivity contribution < 1.29 is 4.79 Å². The standard InChI is InChI=1S/C21H21ClN2O/c22-17-10-4-8-15-16-9-5-11-18(21(16)24-20(15)17)23-19(25)13-12-14-6-2-1-3-7-14/h1-4,6-8,10,18,24H,5,9,11-13H2,(H,23,25)/t18-/m0/s1. The van der Waals surface area contributed by atoms with Gasteiger partial charge in [-0.05, 0) is 42.9 Å². The zero-order valence-corrected chi connectivity index (χ0v) is 14.8. The summed E-state index contributed by atoms with van der Waals surface area (Å²) in [6.07, 6.45) is 4.36. The molecular weight excluding hydrogens is 332 g/mol. The van der Waals surface area contributed by atoms with Crippen molar-refractivity contribution in [2.24, 2.45) is 0 Å². The molecule has 1 aliphatic carbocycles. The number of amides is 1. The van der Waals surface area contributed by atoms with Crippen molar-refractivity contribution in [1.82, 2.24) is 10.3 Å². The third-order valence-electron chi connectivity index (χ3n) is 5.01. The van der Waals surface area contributed by atoms with Crippen LogP contribution in [0.5, 0.6) is 0 Å².